The molecule has 0 radical (unpaired) electrons. The van der Waals surface area contributed by atoms with E-state index in [2.05, 4.69) is 46.7 Å². The molecule has 29 heavy (non-hydrogen) atoms. The zero-order chi connectivity index (χ0) is 20.2. The van der Waals surface area contributed by atoms with Gasteiger partial charge in [-0.25, -0.2) is 0 Å². The summed E-state index contributed by atoms with van der Waals surface area (Å²) >= 11 is 5.65. The summed E-state index contributed by atoms with van der Waals surface area (Å²) in [7, 11) is 0. The number of benzene rings is 3. The molecule has 5 heteroatoms. The van der Waals surface area contributed by atoms with Gasteiger partial charge in [-0.2, -0.15) is 0 Å². The van der Waals surface area contributed by atoms with Gasteiger partial charge in [0.15, 0.2) is 5.11 Å². The maximum atomic E-state index is 12.6. The SMILES string of the molecule is C[C@@H]1C[C@@H](Nc2ccccc2)c2ccccc2N1C(=S)NC(=O)c1ccccc1. The summed E-state index contributed by atoms with van der Waals surface area (Å²) in [6.07, 6.45) is 0.868. The van der Waals surface area contributed by atoms with E-state index in [1.54, 1.807) is 12.1 Å². The molecule has 1 heterocycles. The molecule has 0 unspecified atom stereocenters. The zero-order valence-corrected chi connectivity index (χ0v) is 17.0. The molecular weight excluding hydrogens is 378 g/mol. The number of hydrogen-bond acceptors (Lipinski definition) is 3. The number of rotatable bonds is 3. The van der Waals surface area contributed by atoms with Crippen molar-refractivity contribution in [2.24, 2.45) is 0 Å². The monoisotopic (exact) mass is 401 g/mol. The van der Waals surface area contributed by atoms with Crippen LogP contribution in [0.15, 0.2) is 84.9 Å². The highest BCUT2D eigenvalue weighted by Gasteiger charge is 2.32. The highest BCUT2D eigenvalue weighted by atomic mass is 32.1. The molecule has 0 spiro atoms. The van der Waals surface area contributed by atoms with Gasteiger partial charge in [-0.15, -0.1) is 0 Å². The molecule has 3 aromatic carbocycles. The molecule has 1 aliphatic heterocycles. The van der Waals surface area contributed by atoms with Crippen LogP contribution in [0, 0.1) is 0 Å². The molecule has 2 N–H and O–H groups in total. The number of hydrogen-bond donors (Lipinski definition) is 2. The summed E-state index contributed by atoms with van der Waals surface area (Å²) in [6.45, 7) is 2.14. The lowest BCUT2D eigenvalue weighted by Crippen LogP contribution is -2.50. The quantitative estimate of drug-likeness (QED) is 0.596. The number of para-hydroxylation sites is 2. The van der Waals surface area contributed by atoms with Gasteiger partial charge < -0.3 is 10.2 Å². The third-order valence-electron chi connectivity index (χ3n) is 5.18. The van der Waals surface area contributed by atoms with Crippen LogP contribution < -0.4 is 15.5 Å². The van der Waals surface area contributed by atoms with Crippen LogP contribution in [-0.4, -0.2) is 17.1 Å². The zero-order valence-electron chi connectivity index (χ0n) is 16.2. The molecule has 1 aliphatic rings. The fourth-order valence-corrected chi connectivity index (χ4v) is 4.18. The Morgan fingerprint density at radius 2 is 1.55 bits per heavy atom. The Labute approximate surface area is 176 Å². The van der Waals surface area contributed by atoms with Crippen molar-refractivity contribution in [1.29, 1.82) is 0 Å². The smallest absolute Gasteiger partial charge is 0.257 e. The van der Waals surface area contributed by atoms with Crippen LogP contribution in [0.2, 0.25) is 0 Å². The average molecular weight is 402 g/mol. The molecule has 0 aromatic heterocycles. The van der Waals surface area contributed by atoms with Crippen LogP contribution in [0.4, 0.5) is 11.4 Å². The third kappa shape index (κ3) is 4.15. The normalized spacial score (nSPS) is 17.9. The van der Waals surface area contributed by atoms with E-state index in [-0.39, 0.29) is 18.0 Å². The molecule has 1 amide bonds. The Morgan fingerprint density at radius 1 is 0.931 bits per heavy atom. The number of nitrogens with one attached hydrogen (secondary N) is 2. The number of anilines is 2. The molecule has 0 aliphatic carbocycles. The van der Waals surface area contributed by atoms with Gasteiger partial charge in [-0.3, -0.25) is 10.1 Å². The number of carbonyl (C=O) groups excluding carboxylic acids is 1. The summed E-state index contributed by atoms with van der Waals surface area (Å²) in [5.41, 5.74) is 3.88. The predicted octanol–water partition coefficient (Wildman–Crippen LogP) is 5.15. The van der Waals surface area contributed by atoms with E-state index in [1.807, 2.05) is 48.5 Å². The van der Waals surface area contributed by atoms with Gasteiger partial charge in [-0.05, 0) is 61.5 Å². The Bertz CT molecular complexity index is 1010. The number of thiocarbonyl (C=S) groups is 1. The van der Waals surface area contributed by atoms with Crippen molar-refractivity contribution in [1.82, 2.24) is 5.32 Å². The first kappa shape index (κ1) is 19.2. The Hall–Kier alpha value is -3.18. The largest absolute Gasteiger partial charge is 0.378 e. The highest BCUT2D eigenvalue weighted by molar-refractivity contribution is 7.80. The Morgan fingerprint density at radius 3 is 2.28 bits per heavy atom. The second-order valence-corrected chi connectivity index (χ2v) is 7.59. The molecule has 3 aromatic rings. The molecule has 4 nitrogen and oxygen atoms in total. The second kappa shape index (κ2) is 8.45. The topological polar surface area (TPSA) is 44.4 Å². The molecular formula is C24H23N3OS. The van der Waals surface area contributed by atoms with Gasteiger partial charge in [0.2, 0.25) is 0 Å². The lowest BCUT2D eigenvalue weighted by molar-refractivity contribution is 0.0977. The van der Waals surface area contributed by atoms with E-state index < -0.39 is 0 Å². The summed E-state index contributed by atoms with van der Waals surface area (Å²) in [5.74, 6) is -0.190. The fraction of sp³-hybridized carbons (Fsp3) is 0.167. The molecule has 0 saturated heterocycles. The fourth-order valence-electron chi connectivity index (χ4n) is 3.81. The van der Waals surface area contributed by atoms with Crippen molar-refractivity contribution in [3.63, 3.8) is 0 Å². The van der Waals surface area contributed by atoms with E-state index in [9.17, 15) is 4.79 Å². The van der Waals surface area contributed by atoms with Gasteiger partial charge in [0.1, 0.15) is 0 Å². The van der Waals surface area contributed by atoms with E-state index in [0.717, 1.165) is 17.8 Å². The number of carbonyl (C=O) groups is 1. The minimum atomic E-state index is -0.190. The molecule has 2 atom stereocenters. The minimum absolute atomic E-state index is 0.134. The Kier molecular flexibility index (Phi) is 5.58. The summed E-state index contributed by atoms with van der Waals surface area (Å²) in [6, 6.07) is 27.9. The van der Waals surface area contributed by atoms with E-state index >= 15 is 0 Å². The second-order valence-electron chi connectivity index (χ2n) is 7.20. The number of nitrogens with zero attached hydrogens (tertiary/aromatic N) is 1. The summed E-state index contributed by atoms with van der Waals surface area (Å²) in [5, 5.41) is 6.96. The van der Waals surface area contributed by atoms with E-state index in [1.165, 1.54) is 5.56 Å². The first-order chi connectivity index (χ1) is 14.1. The van der Waals surface area contributed by atoms with Crippen LogP contribution in [0.3, 0.4) is 0 Å². The van der Waals surface area contributed by atoms with Gasteiger partial charge >= 0.3 is 0 Å². The third-order valence-corrected chi connectivity index (χ3v) is 5.48. The molecule has 0 fully saturated rings. The van der Waals surface area contributed by atoms with Crippen LogP contribution in [0.1, 0.15) is 35.3 Å². The lowest BCUT2D eigenvalue weighted by Gasteiger charge is -2.41. The standard InChI is InChI=1S/C24H23N3OS/c1-17-16-21(25-19-12-6-3-7-13-19)20-14-8-9-15-22(20)27(17)24(29)26-23(28)18-10-4-2-5-11-18/h2-15,17,21,25H,16H2,1H3,(H,26,28,29)/t17-,21-/m1/s1. The first-order valence-corrected chi connectivity index (χ1v) is 10.1. The van der Waals surface area contributed by atoms with E-state index in [0.29, 0.717) is 10.7 Å². The van der Waals surface area contributed by atoms with Crippen molar-refractivity contribution in [3.8, 4) is 0 Å². The van der Waals surface area contributed by atoms with Crippen LogP contribution >= 0.6 is 12.2 Å². The van der Waals surface area contributed by atoms with Gasteiger partial charge in [0.25, 0.3) is 5.91 Å². The maximum Gasteiger partial charge on any atom is 0.257 e. The predicted molar refractivity (Wildman–Crippen MR) is 122 cm³/mol. The molecule has 0 bridgehead atoms. The maximum absolute atomic E-state index is 12.6. The van der Waals surface area contributed by atoms with Crippen LogP contribution in [0.5, 0.6) is 0 Å². The van der Waals surface area contributed by atoms with Crippen LogP contribution in [0.25, 0.3) is 0 Å². The minimum Gasteiger partial charge on any atom is -0.378 e. The average Bonchev–Trinajstić information content (AvgIpc) is 2.75. The highest BCUT2D eigenvalue weighted by Crippen LogP contribution is 2.38. The Balaban J connectivity index is 1.58. The van der Waals surface area contributed by atoms with Crippen molar-refractivity contribution in [3.05, 3.63) is 96.1 Å². The number of fused-ring (bicyclic) bond motifs is 1. The summed E-state index contributed by atoms with van der Waals surface area (Å²) in [4.78, 5) is 14.6. The van der Waals surface area contributed by atoms with Crippen molar-refractivity contribution in [2.75, 3.05) is 10.2 Å². The summed E-state index contributed by atoms with van der Waals surface area (Å²) < 4.78 is 0. The van der Waals surface area contributed by atoms with Crippen LogP contribution in [-0.2, 0) is 0 Å². The van der Waals surface area contributed by atoms with E-state index in [4.69, 9.17) is 12.2 Å². The van der Waals surface area contributed by atoms with Crippen molar-refractivity contribution < 1.29 is 4.79 Å². The molecule has 4 rings (SSSR count). The van der Waals surface area contributed by atoms with Gasteiger partial charge in [0, 0.05) is 23.0 Å². The van der Waals surface area contributed by atoms with Crippen molar-refractivity contribution in [2.45, 2.75) is 25.4 Å². The first-order valence-electron chi connectivity index (χ1n) is 9.73. The molecule has 0 saturated carbocycles. The van der Waals surface area contributed by atoms with Gasteiger partial charge in [-0.1, -0.05) is 54.6 Å². The van der Waals surface area contributed by atoms with Crippen molar-refractivity contribution >= 4 is 34.6 Å². The number of amides is 1. The van der Waals surface area contributed by atoms with Gasteiger partial charge in [0.05, 0.1) is 6.04 Å². The lowest BCUT2D eigenvalue weighted by atomic mass is 9.91. The molecule has 146 valence electrons.